The van der Waals surface area contributed by atoms with E-state index in [-0.39, 0.29) is 29.9 Å². The number of carbonyl (C=O) groups is 1. The normalized spacial score (nSPS) is 19.7. The average Bonchev–Trinajstić information content (AvgIpc) is 3.44. The Balaban J connectivity index is 1.53. The fourth-order valence-corrected chi connectivity index (χ4v) is 6.12. The van der Waals surface area contributed by atoms with Crippen molar-refractivity contribution in [2.24, 2.45) is 0 Å². The number of aliphatic hydroxyl groups excluding tert-OH is 1. The largest absolute Gasteiger partial charge is 0.434 e. The highest BCUT2D eigenvalue weighted by Crippen LogP contribution is 2.51. The second-order valence-corrected chi connectivity index (χ2v) is 11.6. The Kier molecular flexibility index (Phi) is 6.46. The molecule has 6 rings (SSSR count). The van der Waals surface area contributed by atoms with Gasteiger partial charge in [-0.25, -0.2) is 15.0 Å². The van der Waals surface area contributed by atoms with Crippen LogP contribution in [0.2, 0.25) is 0 Å². The number of benzene rings is 2. The first-order valence-electron chi connectivity index (χ1n) is 13.6. The highest BCUT2D eigenvalue weighted by molar-refractivity contribution is 6.60. The zero-order chi connectivity index (χ0) is 29.3. The lowest BCUT2D eigenvalue weighted by Crippen LogP contribution is -2.54. The number of rotatable bonds is 7. The van der Waals surface area contributed by atoms with Crippen LogP contribution >= 0.6 is 0 Å². The zero-order valence-electron chi connectivity index (χ0n) is 23.2. The lowest BCUT2D eigenvalue weighted by molar-refractivity contribution is -0.0507. The number of alkyl halides is 2. The third-order valence-electron chi connectivity index (χ3n) is 8.12. The van der Waals surface area contributed by atoms with Crippen LogP contribution in [-0.2, 0) is 5.60 Å². The Morgan fingerprint density at radius 1 is 1.12 bits per heavy atom. The van der Waals surface area contributed by atoms with Crippen LogP contribution in [0, 0.1) is 0 Å². The molecule has 9 nitrogen and oxygen atoms in total. The number of nitrogens with zero attached hydrogens (tertiary/aromatic N) is 5. The monoisotopic (exact) mass is 557 g/mol. The molecule has 2 aromatic heterocycles. The number of imidazole rings is 1. The van der Waals surface area contributed by atoms with Crippen LogP contribution in [-0.4, -0.2) is 82.5 Å². The van der Waals surface area contributed by atoms with E-state index in [2.05, 4.69) is 9.97 Å². The maximum absolute atomic E-state index is 13.9. The molecule has 4 heterocycles. The second kappa shape index (κ2) is 9.66. The molecule has 1 amide bonds. The number of hydrogen-bond acceptors (Lipinski definition) is 7. The van der Waals surface area contributed by atoms with Crippen molar-refractivity contribution in [3.05, 3.63) is 71.6 Å². The number of aromatic nitrogens is 4. The summed E-state index contributed by atoms with van der Waals surface area (Å²) in [5.74, 6) is 0.557. The summed E-state index contributed by atoms with van der Waals surface area (Å²) in [7, 11) is 5.86. The van der Waals surface area contributed by atoms with Gasteiger partial charge in [0.25, 0.3) is 5.91 Å². The first kappa shape index (κ1) is 27.4. The molecule has 0 radical (unpaired) electrons. The van der Waals surface area contributed by atoms with Gasteiger partial charge in [0.2, 0.25) is 0 Å². The Hall–Kier alpha value is -3.77. The van der Waals surface area contributed by atoms with E-state index in [0.717, 1.165) is 11.1 Å². The number of carbonyl (C=O) groups excluding carboxylic acids is 1. The molecule has 3 atom stereocenters. The van der Waals surface area contributed by atoms with Crippen molar-refractivity contribution in [1.29, 1.82) is 0 Å². The number of halogens is 2. The Morgan fingerprint density at radius 3 is 2.49 bits per heavy atom. The van der Waals surface area contributed by atoms with Crippen LogP contribution in [0.25, 0.3) is 22.2 Å². The van der Waals surface area contributed by atoms with Crippen LogP contribution in [0.15, 0.2) is 48.8 Å². The standard InChI is InChI=1S/C27H28B3F2N5O4/c1-2-26(40,12-38)24-33-10-14(11-34-24)13-6-7-16-17(8-13)36-18-9-19(22(36)35-16)37(27(28,29)30)23(39)15-4-3-5-20(21(15)18)41-25(31)32/h3-8,10-11,18-19,25,38,40H,2,9,12,28-30H2,1H3/t18-,19+,26-/m1/s1. The molecular formula is C27H28B3F2N5O4. The van der Waals surface area contributed by atoms with Gasteiger partial charge in [-0.1, -0.05) is 19.1 Å². The lowest BCUT2D eigenvalue weighted by Gasteiger charge is -2.40. The van der Waals surface area contributed by atoms with Crippen molar-refractivity contribution in [2.75, 3.05) is 6.61 Å². The van der Waals surface area contributed by atoms with E-state index in [1.54, 1.807) is 36.4 Å². The van der Waals surface area contributed by atoms with Gasteiger partial charge in [0.05, 0.1) is 29.7 Å². The third kappa shape index (κ3) is 4.31. The molecule has 2 bridgehead atoms. The van der Waals surface area contributed by atoms with E-state index in [1.807, 2.05) is 46.3 Å². The van der Waals surface area contributed by atoms with Crippen LogP contribution in [0.1, 0.15) is 59.4 Å². The summed E-state index contributed by atoms with van der Waals surface area (Å²) in [6.07, 6.45) is 3.91. The van der Waals surface area contributed by atoms with Gasteiger partial charge in [-0.3, -0.25) is 4.79 Å². The summed E-state index contributed by atoms with van der Waals surface area (Å²) in [5.41, 5.74) is 2.20. The highest BCUT2D eigenvalue weighted by atomic mass is 19.3. The van der Waals surface area contributed by atoms with Crippen molar-refractivity contribution in [3.8, 4) is 16.9 Å². The van der Waals surface area contributed by atoms with E-state index in [1.165, 1.54) is 6.07 Å². The molecule has 208 valence electrons. The Morgan fingerprint density at radius 2 is 1.85 bits per heavy atom. The van der Waals surface area contributed by atoms with Crippen LogP contribution in [0.4, 0.5) is 8.78 Å². The summed E-state index contributed by atoms with van der Waals surface area (Å²) in [5, 5.41) is 19.6. The number of aliphatic hydroxyl groups is 2. The molecule has 0 unspecified atom stereocenters. The fourth-order valence-electron chi connectivity index (χ4n) is 6.12. The summed E-state index contributed by atoms with van der Waals surface area (Å²) in [6, 6.07) is 9.59. The van der Waals surface area contributed by atoms with E-state index >= 15 is 0 Å². The van der Waals surface area contributed by atoms with Crippen LogP contribution in [0.5, 0.6) is 5.75 Å². The van der Waals surface area contributed by atoms with Gasteiger partial charge in [0, 0.05) is 35.5 Å². The van der Waals surface area contributed by atoms with Gasteiger partial charge in [-0.15, -0.1) is 0 Å². The molecule has 0 spiro atoms. The summed E-state index contributed by atoms with van der Waals surface area (Å²) in [4.78, 5) is 29.3. The van der Waals surface area contributed by atoms with E-state index in [4.69, 9.17) is 9.72 Å². The zero-order valence-corrected chi connectivity index (χ0v) is 23.2. The number of hydrogen-bond donors (Lipinski definition) is 2. The topological polar surface area (TPSA) is 114 Å². The van der Waals surface area contributed by atoms with Crippen molar-refractivity contribution in [3.63, 3.8) is 0 Å². The van der Waals surface area contributed by atoms with Gasteiger partial charge >= 0.3 is 6.61 Å². The predicted molar refractivity (Wildman–Crippen MR) is 155 cm³/mol. The van der Waals surface area contributed by atoms with Gasteiger partial charge < -0.3 is 24.4 Å². The quantitative estimate of drug-likeness (QED) is 0.322. The van der Waals surface area contributed by atoms with Crippen molar-refractivity contribution in [1.82, 2.24) is 24.4 Å². The molecule has 2 aliphatic rings. The summed E-state index contributed by atoms with van der Waals surface area (Å²) in [6.45, 7) is -1.79. The molecule has 0 saturated heterocycles. The Labute approximate surface area is 237 Å². The first-order chi connectivity index (χ1) is 19.5. The molecule has 41 heavy (non-hydrogen) atoms. The molecule has 2 aliphatic heterocycles. The van der Waals surface area contributed by atoms with Crippen LogP contribution < -0.4 is 4.74 Å². The van der Waals surface area contributed by atoms with Crippen molar-refractivity contribution in [2.45, 2.75) is 49.3 Å². The van der Waals surface area contributed by atoms with Crippen LogP contribution in [0.3, 0.4) is 0 Å². The van der Waals surface area contributed by atoms with Crippen molar-refractivity contribution >= 4 is 40.5 Å². The smallest absolute Gasteiger partial charge is 0.387 e. The third-order valence-corrected chi connectivity index (χ3v) is 8.12. The predicted octanol–water partition coefficient (Wildman–Crippen LogP) is 0.685. The Bertz CT molecular complexity index is 1660. The number of fused-ring (bicyclic) bond motifs is 9. The second-order valence-electron chi connectivity index (χ2n) is 11.6. The molecule has 0 aliphatic carbocycles. The molecule has 2 N–H and O–H groups in total. The minimum absolute atomic E-state index is 0.0208. The summed E-state index contributed by atoms with van der Waals surface area (Å²) >= 11 is 0. The average molecular weight is 557 g/mol. The first-order valence-corrected chi connectivity index (χ1v) is 13.6. The lowest BCUT2D eigenvalue weighted by atomic mass is 9.48. The SMILES string of the molecule is BC(B)(B)N1C(=O)c2cccc(OC(F)F)c2[C@H]2C[C@H]1c1nc3ccc(-c4cnc([C@@](O)(CC)CO)nc4)cc3n12. The van der Waals surface area contributed by atoms with Crippen molar-refractivity contribution < 1.29 is 28.5 Å². The van der Waals surface area contributed by atoms with E-state index < -0.39 is 30.1 Å². The van der Waals surface area contributed by atoms with E-state index in [0.29, 0.717) is 34.5 Å². The summed E-state index contributed by atoms with van der Waals surface area (Å²) < 4.78 is 34.0. The van der Waals surface area contributed by atoms with Gasteiger partial charge in [-0.05, 0) is 41.5 Å². The maximum atomic E-state index is 13.9. The number of amides is 1. The van der Waals surface area contributed by atoms with Gasteiger partial charge in [0.1, 0.15) is 40.7 Å². The minimum Gasteiger partial charge on any atom is -0.434 e. The molecular weight excluding hydrogens is 529 g/mol. The number of ether oxygens (including phenoxy) is 1. The maximum Gasteiger partial charge on any atom is 0.387 e. The highest BCUT2D eigenvalue weighted by Gasteiger charge is 2.48. The molecule has 4 aromatic rings. The molecule has 0 fully saturated rings. The molecule has 0 saturated carbocycles. The minimum atomic E-state index is -3.04. The van der Waals surface area contributed by atoms with Gasteiger partial charge in [-0.2, -0.15) is 8.78 Å². The van der Waals surface area contributed by atoms with E-state index in [9.17, 15) is 23.8 Å². The fraction of sp³-hybridized carbons (Fsp3) is 0.333. The van der Waals surface area contributed by atoms with Gasteiger partial charge in [0.15, 0.2) is 5.82 Å². The molecule has 2 aromatic carbocycles. The molecule has 14 heteroatoms.